The van der Waals surface area contributed by atoms with Crippen molar-refractivity contribution in [3.63, 3.8) is 0 Å². The maximum atomic E-state index is 9.60. The van der Waals surface area contributed by atoms with Crippen LogP contribution in [-0.4, -0.2) is 19.5 Å². The summed E-state index contributed by atoms with van der Waals surface area (Å²) in [6.45, 7) is 4.06. The van der Waals surface area contributed by atoms with Crippen molar-refractivity contribution >= 4 is 12.9 Å². The van der Waals surface area contributed by atoms with Gasteiger partial charge in [-0.3, -0.25) is 0 Å². The Bertz CT molecular complexity index is 64.3. The first-order valence-electron chi connectivity index (χ1n) is 1.98. The summed E-state index contributed by atoms with van der Waals surface area (Å²) < 4.78 is 4.18. The molecule has 0 atom stereocenters. The number of carbonyl (C=O) groups is 2. The summed E-state index contributed by atoms with van der Waals surface area (Å²) in [5.74, 6) is 0. The van der Waals surface area contributed by atoms with Crippen molar-refractivity contribution in [3.8, 4) is 0 Å². The van der Waals surface area contributed by atoms with Crippen LogP contribution in [0.5, 0.6) is 0 Å². The van der Waals surface area contributed by atoms with Gasteiger partial charge in [0.05, 0.1) is 6.61 Å². The van der Waals surface area contributed by atoms with Gasteiger partial charge in [0.2, 0.25) is 0 Å². The number of carbonyl (C=O) groups excluding carboxylic acids is 2. The van der Waals surface area contributed by atoms with Crippen molar-refractivity contribution in [3.05, 3.63) is 0 Å². The summed E-state index contributed by atoms with van der Waals surface area (Å²) in [5, 5.41) is 0. The lowest BCUT2D eigenvalue weighted by Gasteiger charge is -1.89. The second-order valence-electron chi connectivity index (χ2n) is 0.752. The van der Waals surface area contributed by atoms with E-state index in [1.165, 1.54) is 0 Å². The molecule has 0 unspecified atom stereocenters. The van der Waals surface area contributed by atoms with Crippen molar-refractivity contribution in [2.24, 2.45) is 5.73 Å². The van der Waals surface area contributed by atoms with E-state index in [1.54, 1.807) is 6.92 Å². The fraction of sp³-hybridized carbons (Fsp3) is 0.500. The van der Waals surface area contributed by atoms with Crippen LogP contribution in [0.4, 0.5) is 4.79 Å². The van der Waals surface area contributed by atoms with Crippen molar-refractivity contribution in [2.75, 3.05) is 6.61 Å². The highest BCUT2D eigenvalue weighted by atomic mass is 16.5. The quantitative estimate of drug-likeness (QED) is 0.524. The van der Waals surface area contributed by atoms with E-state index in [9.17, 15) is 4.79 Å². The molecule has 0 aromatic heterocycles. The Morgan fingerprint density at radius 1 is 1.75 bits per heavy atom. The largest absolute Gasteiger partial charge is 0.450 e. The van der Waals surface area contributed by atoms with Gasteiger partial charge >= 0.3 is 6.09 Å². The normalized spacial score (nSPS) is 6.12. The van der Waals surface area contributed by atoms with Crippen molar-refractivity contribution in [1.29, 1.82) is 0 Å². The number of primary amides is 1. The van der Waals surface area contributed by atoms with E-state index in [0.29, 0.717) is 6.61 Å². The summed E-state index contributed by atoms with van der Waals surface area (Å²) >= 11 is 0. The number of ether oxygens (including phenoxy) is 1. The second-order valence-corrected chi connectivity index (χ2v) is 0.752. The lowest BCUT2D eigenvalue weighted by molar-refractivity contribution is -0.0979. The maximum Gasteiger partial charge on any atom is 0.404 e. The minimum atomic E-state index is -0.711. The van der Waals surface area contributed by atoms with Gasteiger partial charge < -0.3 is 15.3 Å². The van der Waals surface area contributed by atoms with E-state index >= 15 is 0 Å². The lowest BCUT2D eigenvalue weighted by Crippen LogP contribution is -2.11. The molecule has 4 nitrogen and oxygen atoms in total. The van der Waals surface area contributed by atoms with Gasteiger partial charge in [-0.15, -0.1) is 0 Å². The Balaban J connectivity index is 0. The maximum absolute atomic E-state index is 9.60. The summed E-state index contributed by atoms with van der Waals surface area (Å²) in [6, 6.07) is 0. The molecule has 48 valence electrons. The SMILES string of the molecule is C=O.CCOC(N)=O. The molecular formula is C4H9NO3. The molecule has 0 aliphatic rings. The monoisotopic (exact) mass is 119 g/mol. The zero-order valence-electron chi connectivity index (χ0n) is 4.72. The Labute approximate surface area is 47.6 Å². The lowest BCUT2D eigenvalue weighted by atomic mass is 10.9. The predicted molar refractivity (Wildman–Crippen MR) is 28.3 cm³/mol. The minimum absolute atomic E-state index is 0.356. The zero-order chi connectivity index (χ0) is 6.99. The number of hydrogen-bond acceptors (Lipinski definition) is 3. The van der Waals surface area contributed by atoms with Gasteiger partial charge in [-0.1, -0.05) is 0 Å². The molecule has 0 spiro atoms. The average Bonchev–Trinajstić information content (AvgIpc) is 1.72. The smallest absolute Gasteiger partial charge is 0.404 e. The van der Waals surface area contributed by atoms with Crippen LogP contribution in [0.2, 0.25) is 0 Å². The second kappa shape index (κ2) is 9.34. The first kappa shape index (κ1) is 10.0. The third-order valence-corrected chi connectivity index (χ3v) is 0.287. The van der Waals surface area contributed by atoms with Crippen LogP contribution >= 0.6 is 0 Å². The highest BCUT2D eigenvalue weighted by Crippen LogP contribution is 1.66. The molecule has 0 aromatic rings. The molecule has 0 saturated heterocycles. The van der Waals surface area contributed by atoms with Crippen molar-refractivity contribution in [2.45, 2.75) is 6.92 Å². The summed E-state index contributed by atoms with van der Waals surface area (Å²) in [6.07, 6.45) is -0.711. The number of rotatable bonds is 1. The number of hydrogen-bond donors (Lipinski definition) is 1. The fourth-order valence-electron chi connectivity index (χ4n) is 0.142. The van der Waals surface area contributed by atoms with Gasteiger partial charge in [0.15, 0.2) is 0 Å². The molecule has 0 saturated carbocycles. The molecule has 0 heterocycles. The standard InChI is InChI=1S/C3H7NO2.CH2O/c1-2-6-3(4)5;1-2/h2H2,1H3,(H2,4,5);1H2. The van der Waals surface area contributed by atoms with E-state index in [0.717, 1.165) is 0 Å². The van der Waals surface area contributed by atoms with Crippen molar-refractivity contribution < 1.29 is 14.3 Å². The molecule has 1 amide bonds. The molecule has 0 radical (unpaired) electrons. The number of amides is 1. The van der Waals surface area contributed by atoms with Gasteiger partial charge in [0.1, 0.15) is 6.79 Å². The minimum Gasteiger partial charge on any atom is -0.450 e. The van der Waals surface area contributed by atoms with Crippen LogP contribution in [0.25, 0.3) is 0 Å². The predicted octanol–water partition coefficient (Wildman–Crippen LogP) is -0.0833. The first-order valence-corrected chi connectivity index (χ1v) is 1.98. The number of nitrogens with two attached hydrogens (primary N) is 1. The Morgan fingerprint density at radius 3 is 2.12 bits per heavy atom. The van der Waals surface area contributed by atoms with E-state index in [2.05, 4.69) is 10.5 Å². The molecule has 0 aliphatic carbocycles. The first-order chi connectivity index (χ1) is 3.77. The van der Waals surface area contributed by atoms with E-state index in [1.807, 2.05) is 6.79 Å². The Kier molecular flexibility index (Phi) is 11.7. The van der Waals surface area contributed by atoms with Crippen LogP contribution in [0.15, 0.2) is 0 Å². The zero-order valence-corrected chi connectivity index (χ0v) is 4.72. The summed E-state index contributed by atoms with van der Waals surface area (Å²) in [7, 11) is 0. The highest BCUT2D eigenvalue weighted by Gasteiger charge is 1.82. The molecule has 8 heavy (non-hydrogen) atoms. The van der Waals surface area contributed by atoms with Gasteiger partial charge in [-0.25, -0.2) is 4.79 Å². The van der Waals surface area contributed by atoms with E-state index < -0.39 is 6.09 Å². The molecular weight excluding hydrogens is 110 g/mol. The molecule has 4 heteroatoms. The molecule has 2 N–H and O–H groups in total. The highest BCUT2D eigenvalue weighted by molar-refractivity contribution is 5.64. The van der Waals surface area contributed by atoms with Crippen molar-refractivity contribution in [1.82, 2.24) is 0 Å². The van der Waals surface area contributed by atoms with Crippen LogP contribution in [0, 0.1) is 0 Å². The fourth-order valence-corrected chi connectivity index (χ4v) is 0.142. The van der Waals surface area contributed by atoms with Gasteiger partial charge in [-0.2, -0.15) is 0 Å². The Morgan fingerprint density at radius 2 is 2.12 bits per heavy atom. The van der Waals surface area contributed by atoms with Crippen LogP contribution < -0.4 is 5.73 Å². The molecule has 0 bridgehead atoms. The molecule has 0 aliphatic heterocycles. The van der Waals surface area contributed by atoms with E-state index in [4.69, 9.17) is 4.79 Å². The van der Waals surface area contributed by atoms with Crippen LogP contribution in [-0.2, 0) is 9.53 Å². The summed E-state index contributed by atoms with van der Waals surface area (Å²) in [5.41, 5.74) is 4.54. The molecule has 0 fully saturated rings. The van der Waals surface area contributed by atoms with Gasteiger partial charge in [0.25, 0.3) is 0 Å². The average molecular weight is 119 g/mol. The van der Waals surface area contributed by atoms with Gasteiger partial charge in [-0.05, 0) is 6.92 Å². The summed E-state index contributed by atoms with van der Waals surface area (Å²) in [4.78, 5) is 17.6. The van der Waals surface area contributed by atoms with Crippen LogP contribution in [0.1, 0.15) is 6.92 Å². The topological polar surface area (TPSA) is 69.4 Å². The molecule has 0 rings (SSSR count). The van der Waals surface area contributed by atoms with Crippen LogP contribution in [0.3, 0.4) is 0 Å². The third kappa shape index (κ3) is 20.4. The molecule has 0 aromatic carbocycles. The third-order valence-electron chi connectivity index (χ3n) is 0.287. The Hall–Kier alpha value is -1.06. The van der Waals surface area contributed by atoms with E-state index in [-0.39, 0.29) is 0 Å². The van der Waals surface area contributed by atoms with Gasteiger partial charge in [0, 0.05) is 0 Å².